The summed E-state index contributed by atoms with van der Waals surface area (Å²) in [5, 5.41) is 9.06. The van der Waals surface area contributed by atoms with E-state index in [1.54, 1.807) is 7.11 Å². The van der Waals surface area contributed by atoms with Crippen molar-refractivity contribution in [2.24, 2.45) is 5.41 Å². The molecule has 0 bridgehead atoms. The molecule has 90 valence electrons. The van der Waals surface area contributed by atoms with Gasteiger partial charge >= 0.3 is 0 Å². The van der Waals surface area contributed by atoms with Gasteiger partial charge in [-0.05, 0) is 24.7 Å². The van der Waals surface area contributed by atoms with Gasteiger partial charge in [-0.1, -0.05) is 0 Å². The van der Waals surface area contributed by atoms with Gasteiger partial charge in [-0.25, -0.2) is 0 Å². The lowest BCUT2D eigenvalue weighted by Gasteiger charge is -2.11. The minimum absolute atomic E-state index is 0.205. The second kappa shape index (κ2) is 7.17. The van der Waals surface area contributed by atoms with E-state index in [4.69, 9.17) is 19.3 Å². The molecule has 1 rings (SSSR count). The van der Waals surface area contributed by atoms with E-state index in [0.29, 0.717) is 33.0 Å². The fourth-order valence-corrected chi connectivity index (χ4v) is 1.42. The van der Waals surface area contributed by atoms with Crippen molar-refractivity contribution in [3.05, 3.63) is 0 Å². The van der Waals surface area contributed by atoms with Gasteiger partial charge < -0.3 is 19.3 Å². The summed E-state index contributed by atoms with van der Waals surface area (Å²) < 4.78 is 15.5. The molecule has 0 amide bonds. The Morgan fingerprint density at radius 3 is 2.13 bits per heavy atom. The summed E-state index contributed by atoms with van der Waals surface area (Å²) in [7, 11) is 1.66. The summed E-state index contributed by atoms with van der Waals surface area (Å²) in [6.07, 6.45) is 3.27. The lowest BCUT2D eigenvalue weighted by Crippen LogP contribution is -2.13. The van der Waals surface area contributed by atoms with E-state index in [1.165, 1.54) is 0 Å². The van der Waals surface area contributed by atoms with E-state index in [0.717, 1.165) is 25.9 Å². The highest BCUT2D eigenvalue weighted by Gasteiger charge is 2.41. The van der Waals surface area contributed by atoms with Crippen molar-refractivity contribution in [1.82, 2.24) is 0 Å². The maximum atomic E-state index is 9.06. The largest absolute Gasteiger partial charge is 0.396 e. The molecular weight excluding hydrogens is 196 g/mol. The highest BCUT2D eigenvalue weighted by molar-refractivity contribution is 4.91. The summed E-state index contributed by atoms with van der Waals surface area (Å²) in [6, 6.07) is 0. The fourth-order valence-electron chi connectivity index (χ4n) is 1.42. The minimum atomic E-state index is 0.205. The van der Waals surface area contributed by atoms with Crippen LogP contribution in [0.1, 0.15) is 19.3 Å². The maximum absolute atomic E-state index is 9.06. The van der Waals surface area contributed by atoms with Crippen molar-refractivity contribution in [3.8, 4) is 0 Å². The molecule has 0 aromatic rings. The van der Waals surface area contributed by atoms with Crippen LogP contribution in [0.25, 0.3) is 0 Å². The predicted molar refractivity (Wildman–Crippen MR) is 56.9 cm³/mol. The van der Waals surface area contributed by atoms with Gasteiger partial charge in [-0.3, -0.25) is 0 Å². The molecule has 0 unspecified atom stereocenters. The summed E-state index contributed by atoms with van der Waals surface area (Å²) in [4.78, 5) is 0. The zero-order valence-corrected chi connectivity index (χ0v) is 9.54. The van der Waals surface area contributed by atoms with Gasteiger partial charge in [-0.2, -0.15) is 0 Å². The van der Waals surface area contributed by atoms with Crippen LogP contribution in [0.3, 0.4) is 0 Å². The van der Waals surface area contributed by atoms with Gasteiger partial charge in [-0.15, -0.1) is 0 Å². The van der Waals surface area contributed by atoms with E-state index in [2.05, 4.69) is 0 Å². The van der Waals surface area contributed by atoms with E-state index in [-0.39, 0.29) is 5.41 Å². The molecule has 15 heavy (non-hydrogen) atoms. The first-order valence-electron chi connectivity index (χ1n) is 5.58. The molecule has 1 N–H and O–H groups in total. The van der Waals surface area contributed by atoms with Gasteiger partial charge in [0.05, 0.1) is 26.4 Å². The zero-order chi connectivity index (χ0) is 11.0. The topological polar surface area (TPSA) is 47.9 Å². The highest BCUT2D eigenvalue weighted by Crippen LogP contribution is 2.47. The molecule has 0 aromatic carbocycles. The lowest BCUT2D eigenvalue weighted by molar-refractivity contribution is 0.0189. The predicted octanol–water partition coefficient (Wildman–Crippen LogP) is 0.829. The molecule has 0 spiro atoms. The third-order valence-corrected chi connectivity index (χ3v) is 2.87. The number of hydrogen-bond donors (Lipinski definition) is 1. The normalized spacial score (nSPS) is 18.0. The Balaban J connectivity index is 1.77. The summed E-state index contributed by atoms with van der Waals surface area (Å²) >= 11 is 0. The maximum Gasteiger partial charge on any atom is 0.0701 e. The third kappa shape index (κ3) is 5.47. The van der Waals surface area contributed by atoms with Crippen LogP contribution >= 0.6 is 0 Å². The van der Waals surface area contributed by atoms with E-state index in [9.17, 15) is 0 Å². The van der Waals surface area contributed by atoms with Crippen LogP contribution in [0.4, 0.5) is 0 Å². The van der Waals surface area contributed by atoms with Crippen LogP contribution in [0, 0.1) is 5.41 Å². The first-order valence-corrected chi connectivity index (χ1v) is 5.58. The fraction of sp³-hybridized carbons (Fsp3) is 1.00. The second-order valence-electron chi connectivity index (χ2n) is 4.13. The molecule has 0 aliphatic heterocycles. The first kappa shape index (κ1) is 12.9. The molecular formula is C11H22O4. The zero-order valence-electron chi connectivity index (χ0n) is 9.54. The average molecular weight is 218 g/mol. The molecule has 1 aliphatic carbocycles. The van der Waals surface area contributed by atoms with Gasteiger partial charge in [0, 0.05) is 20.3 Å². The Morgan fingerprint density at radius 1 is 1.00 bits per heavy atom. The highest BCUT2D eigenvalue weighted by atomic mass is 16.5. The van der Waals surface area contributed by atoms with Gasteiger partial charge in [0.15, 0.2) is 0 Å². The van der Waals surface area contributed by atoms with Crippen molar-refractivity contribution in [3.63, 3.8) is 0 Å². The standard InChI is InChI=1S/C11H22O4/c1-13-6-7-15-9-8-14-5-4-11(10-12)2-3-11/h12H,2-10H2,1H3. The summed E-state index contributed by atoms with van der Waals surface area (Å²) in [5.41, 5.74) is 0.205. The molecule has 4 heteroatoms. The summed E-state index contributed by atoms with van der Waals surface area (Å²) in [5.74, 6) is 0. The molecule has 0 heterocycles. The monoisotopic (exact) mass is 218 g/mol. The quantitative estimate of drug-likeness (QED) is 0.552. The van der Waals surface area contributed by atoms with Crippen LogP contribution in [-0.2, 0) is 14.2 Å². The van der Waals surface area contributed by atoms with Crippen LogP contribution in [0.2, 0.25) is 0 Å². The average Bonchev–Trinajstić information content (AvgIpc) is 3.03. The number of methoxy groups -OCH3 is 1. The van der Waals surface area contributed by atoms with Crippen LogP contribution in [-0.4, -0.2) is 51.9 Å². The van der Waals surface area contributed by atoms with Crippen molar-refractivity contribution >= 4 is 0 Å². The van der Waals surface area contributed by atoms with Crippen LogP contribution in [0.5, 0.6) is 0 Å². The van der Waals surface area contributed by atoms with Gasteiger partial charge in [0.2, 0.25) is 0 Å². The molecule has 0 radical (unpaired) electrons. The van der Waals surface area contributed by atoms with Crippen LogP contribution in [0.15, 0.2) is 0 Å². The Hall–Kier alpha value is -0.160. The Kier molecular flexibility index (Phi) is 6.17. The Morgan fingerprint density at radius 2 is 1.60 bits per heavy atom. The van der Waals surface area contributed by atoms with Crippen LogP contribution < -0.4 is 0 Å². The van der Waals surface area contributed by atoms with E-state index >= 15 is 0 Å². The number of aliphatic hydroxyl groups is 1. The van der Waals surface area contributed by atoms with Gasteiger partial charge in [0.1, 0.15) is 0 Å². The molecule has 1 aliphatic rings. The SMILES string of the molecule is COCCOCCOCCC1(CO)CC1. The van der Waals surface area contributed by atoms with E-state index < -0.39 is 0 Å². The smallest absolute Gasteiger partial charge is 0.0701 e. The molecule has 1 fully saturated rings. The molecule has 0 aromatic heterocycles. The van der Waals surface area contributed by atoms with Gasteiger partial charge in [0.25, 0.3) is 0 Å². The number of aliphatic hydroxyl groups excluding tert-OH is 1. The third-order valence-electron chi connectivity index (χ3n) is 2.87. The molecule has 4 nitrogen and oxygen atoms in total. The molecule has 0 atom stereocenters. The number of hydrogen-bond acceptors (Lipinski definition) is 4. The van der Waals surface area contributed by atoms with Crippen molar-refractivity contribution in [1.29, 1.82) is 0 Å². The minimum Gasteiger partial charge on any atom is -0.396 e. The Labute approximate surface area is 91.5 Å². The number of ether oxygens (including phenoxy) is 3. The second-order valence-corrected chi connectivity index (χ2v) is 4.13. The number of rotatable bonds is 10. The Bertz CT molecular complexity index is 157. The van der Waals surface area contributed by atoms with Crippen molar-refractivity contribution in [2.75, 3.05) is 46.8 Å². The molecule has 1 saturated carbocycles. The van der Waals surface area contributed by atoms with E-state index in [1.807, 2.05) is 0 Å². The summed E-state index contributed by atoms with van der Waals surface area (Å²) in [6.45, 7) is 3.55. The molecule has 0 saturated heterocycles. The first-order chi connectivity index (χ1) is 7.33. The lowest BCUT2D eigenvalue weighted by atomic mass is 10.1. The van der Waals surface area contributed by atoms with Crippen molar-refractivity contribution in [2.45, 2.75) is 19.3 Å². The van der Waals surface area contributed by atoms with Crippen molar-refractivity contribution < 1.29 is 19.3 Å².